The highest BCUT2D eigenvalue weighted by atomic mass is 79.9. The number of hydrogen-bond donors (Lipinski definition) is 0. The van der Waals surface area contributed by atoms with Crippen LogP contribution < -0.4 is 15.2 Å². The van der Waals surface area contributed by atoms with Crippen molar-refractivity contribution in [1.82, 2.24) is 4.57 Å². The Morgan fingerprint density at radius 3 is 2.79 bits per heavy atom. The molecule has 0 saturated heterocycles. The first kappa shape index (κ1) is 16.4. The van der Waals surface area contributed by atoms with Crippen molar-refractivity contribution in [3.05, 3.63) is 56.4 Å². The van der Waals surface area contributed by atoms with Gasteiger partial charge in [-0.1, -0.05) is 0 Å². The minimum Gasteiger partial charge on any atom is -0.482 e. The summed E-state index contributed by atoms with van der Waals surface area (Å²) in [5.74, 6) is 0.166. The summed E-state index contributed by atoms with van der Waals surface area (Å²) in [6, 6.07) is 6.63. The second-order valence-corrected chi connectivity index (χ2v) is 6.50. The van der Waals surface area contributed by atoms with Crippen LogP contribution in [0, 0.1) is 6.92 Å². The monoisotopic (exact) mass is 390 g/mol. The summed E-state index contributed by atoms with van der Waals surface area (Å²) in [4.78, 5) is 37.8. The first-order chi connectivity index (χ1) is 11.4. The first-order valence-electron chi connectivity index (χ1n) is 7.30. The smallest absolute Gasteiger partial charge is 0.265 e. The molecule has 1 aromatic carbocycles. The van der Waals surface area contributed by atoms with E-state index in [0.717, 1.165) is 5.56 Å². The second-order valence-electron chi connectivity index (χ2n) is 5.65. The lowest BCUT2D eigenvalue weighted by Gasteiger charge is -2.26. The number of halogens is 1. The molecule has 0 aliphatic carbocycles. The molecule has 0 saturated carbocycles. The molecular weight excluding hydrogens is 376 g/mol. The Kier molecular flexibility index (Phi) is 4.28. The Morgan fingerprint density at radius 2 is 2.04 bits per heavy atom. The normalized spacial score (nSPS) is 13.5. The van der Waals surface area contributed by atoms with Gasteiger partial charge in [0.05, 0.1) is 16.7 Å². The number of benzene rings is 1. The van der Waals surface area contributed by atoms with Crippen LogP contribution in [-0.2, 0) is 11.3 Å². The molecule has 1 aliphatic rings. The van der Waals surface area contributed by atoms with Gasteiger partial charge >= 0.3 is 0 Å². The van der Waals surface area contributed by atoms with Crippen molar-refractivity contribution >= 4 is 33.3 Å². The largest absolute Gasteiger partial charge is 0.482 e. The molecule has 7 heteroatoms. The van der Waals surface area contributed by atoms with Crippen molar-refractivity contribution < 1.29 is 14.3 Å². The molecule has 1 amide bonds. The molecule has 2 aromatic rings. The predicted molar refractivity (Wildman–Crippen MR) is 92.8 cm³/mol. The number of ether oxygens (including phenoxy) is 1. The van der Waals surface area contributed by atoms with Crippen molar-refractivity contribution in [2.24, 2.45) is 0 Å². The fraction of sp³-hybridized carbons (Fsp3) is 0.235. The highest BCUT2D eigenvalue weighted by Gasteiger charge is 2.23. The standard InChI is InChI=1S/C17H15BrN2O4/c1-10-5-12(18)17(23)20(7-10)8-14(21)11-3-4-15-13(6-11)19(2)16(22)9-24-15/h3-7H,8-9H2,1-2H3. The Bertz CT molecular complexity index is 904. The molecule has 2 heterocycles. The maximum Gasteiger partial charge on any atom is 0.265 e. The van der Waals surface area contributed by atoms with Crippen LogP contribution in [0.5, 0.6) is 5.75 Å². The first-order valence-corrected chi connectivity index (χ1v) is 8.09. The maximum absolute atomic E-state index is 12.5. The van der Waals surface area contributed by atoms with Crippen LogP contribution in [0.2, 0.25) is 0 Å². The summed E-state index contributed by atoms with van der Waals surface area (Å²) in [7, 11) is 1.64. The van der Waals surface area contributed by atoms with Crippen molar-refractivity contribution in [3.8, 4) is 5.75 Å². The number of aryl methyl sites for hydroxylation is 1. The minimum atomic E-state index is -0.262. The van der Waals surface area contributed by atoms with Crippen molar-refractivity contribution in [3.63, 3.8) is 0 Å². The molecule has 1 aromatic heterocycles. The third-order valence-corrected chi connectivity index (χ3v) is 4.43. The van der Waals surface area contributed by atoms with Crippen LogP contribution in [0.15, 0.2) is 39.7 Å². The lowest BCUT2D eigenvalue weighted by Crippen LogP contribution is -2.35. The molecule has 0 atom stereocenters. The second kappa shape index (κ2) is 6.24. The molecule has 0 N–H and O–H groups in total. The Balaban J connectivity index is 1.92. The highest BCUT2D eigenvalue weighted by molar-refractivity contribution is 9.10. The number of hydrogen-bond acceptors (Lipinski definition) is 4. The predicted octanol–water partition coefficient (Wildman–Crippen LogP) is 2.16. The number of nitrogens with zero attached hydrogens (tertiary/aromatic N) is 2. The number of ketones is 1. The van der Waals surface area contributed by atoms with Gasteiger partial charge in [0.2, 0.25) is 0 Å². The lowest BCUT2D eigenvalue weighted by atomic mass is 10.1. The summed E-state index contributed by atoms with van der Waals surface area (Å²) < 4.78 is 7.13. The van der Waals surface area contributed by atoms with E-state index in [4.69, 9.17) is 4.74 Å². The molecule has 0 unspecified atom stereocenters. The van der Waals surface area contributed by atoms with Gasteiger partial charge in [0, 0.05) is 18.8 Å². The van der Waals surface area contributed by atoms with E-state index in [1.807, 2.05) is 6.92 Å². The topological polar surface area (TPSA) is 68.6 Å². The van der Waals surface area contributed by atoms with Crippen molar-refractivity contribution in [2.45, 2.75) is 13.5 Å². The fourth-order valence-electron chi connectivity index (χ4n) is 2.55. The molecule has 124 valence electrons. The third-order valence-electron chi connectivity index (χ3n) is 3.86. The zero-order valence-electron chi connectivity index (χ0n) is 13.2. The van der Waals surface area contributed by atoms with Crippen molar-refractivity contribution in [1.29, 1.82) is 0 Å². The van der Waals surface area contributed by atoms with E-state index in [9.17, 15) is 14.4 Å². The fourth-order valence-corrected chi connectivity index (χ4v) is 3.14. The zero-order chi connectivity index (χ0) is 17.4. The molecular formula is C17H15BrN2O4. The number of amides is 1. The van der Waals surface area contributed by atoms with Gasteiger partial charge < -0.3 is 14.2 Å². The van der Waals surface area contributed by atoms with E-state index in [-0.39, 0.29) is 30.4 Å². The van der Waals surface area contributed by atoms with Crippen LogP contribution in [0.4, 0.5) is 5.69 Å². The van der Waals surface area contributed by atoms with E-state index in [1.54, 1.807) is 37.5 Å². The molecule has 0 fully saturated rings. The van der Waals surface area contributed by atoms with Gasteiger partial charge in [-0.3, -0.25) is 14.4 Å². The highest BCUT2D eigenvalue weighted by Crippen LogP contribution is 2.32. The molecule has 0 spiro atoms. The Hall–Kier alpha value is -2.41. The molecule has 0 bridgehead atoms. The van der Waals surface area contributed by atoms with E-state index in [1.165, 1.54) is 9.47 Å². The van der Waals surface area contributed by atoms with Gasteiger partial charge in [0.15, 0.2) is 12.4 Å². The van der Waals surface area contributed by atoms with Crippen LogP contribution in [0.1, 0.15) is 15.9 Å². The average molecular weight is 391 g/mol. The van der Waals surface area contributed by atoms with Gasteiger partial charge in [-0.15, -0.1) is 0 Å². The van der Waals surface area contributed by atoms with Crippen LogP contribution in [0.3, 0.4) is 0 Å². The van der Waals surface area contributed by atoms with E-state index in [0.29, 0.717) is 21.5 Å². The van der Waals surface area contributed by atoms with Crippen LogP contribution in [-0.4, -0.2) is 29.9 Å². The number of carbonyl (C=O) groups is 2. The summed E-state index contributed by atoms with van der Waals surface area (Å²) in [5, 5.41) is 0. The maximum atomic E-state index is 12.5. The van der Waals surface area contributed by atoms with Gasteiger partial charge in [0.1, 0.15) is 5.75 Å². The van der Waals surface area contributed by atoms with Crippen LogP contribution >= 0.6 is 15.9 Å². The van der Waals surface area contributed by atoms with Gasteiger partial charge in [-0.2, -0.15) is 0 Å². The number of aromatic nitrogens is 1. The molecule has 3 rings (SSSR count). The van der Waals surface area contributed by atoms with Crippen molar-refractivity contribution in [2.75, 3.05) is 18.6 Å². The molecule has 24 heavy (non-hydrogen) atoms. The number of anilines is 1. The lowest BCUT2D eigenvalue weighted by molar-refractivity contribution is -0.120. The number of Topliss-reactive ketones (excluding diaryl/α,β-unsaturated/α-hetero) is 1. The number of carbonyl (C=O) groups excluding carboxylic acids is 2. The Labute approximate surface area is 146 Å². The number of rotatable bonds is 3. The number of likely N-dealkylation sites (N-methyl/N-ethyl adjacent to an activating group) is 1. The minimum absolute atomic E-state index is 0.0104. The third kappa shape index (κ3) is 2.99. The van der Waals surface area contributed by atoms with Crippen LogP contribution in [0.25, 0.3) is 0 Å². The average Bonchev–Trinajstić information content (AvgIpc) is 2.55. The number of fused-ring (bicyclic) bond motifs is 1. The Morgan fingerprint density at radius 1 is 1.29 bits per heavy atom. The number of pyridine rings is 1. The molecule has 6 nitrogen and oxygen atoms in total. The molecule has 0 radical (unpaired) electrons. The van der Waals surface area contributed by atoms with E-state index >= 15 is 0 Å². The summed E-state index contributed by atoms with van der Waals surface area (Å²) >= 11 is 3.20. The van der Waals surface area contributed by atoms with E-state index in [2.05, 4.69) is 15.9 Å². The summed E-state index contributed by atoms with van der Waals surface area (Å²) in [6.45, 7) is 1.77. The zero-order valence-corrected chi connectivity index (χ0v) is 14.8. The molecule has 1 aliphatic heterocycles. The van der Waals surface area contributed by atoms with Gasteiger partial charge in [-0.25, -0.2) is 0 Å². The summed E-state index contributed by atoms with van der Waals surface area (Å²) in [6.07, 6.45) is 1.64. The summed E-state index contributed by atoms with van der Waals surface area (Å²) in [5.41, 5.74) is 1.58. The van der Waals surface area contributed by atoms with E-state index < -0.39 is 0 Å². The van der Waals surface area contributed by atoms with Gasteiger partial charge in [-0.05, 0) is 52.7 Å². The SMILES string of the molecule is Cc1cc(Br)c(=O)n(CC(=O)c2ccc3c(c2)N(C)C(=O)CO3)c1. The quantitative estimate of drug-likeness (QED) is 0.753. The van der Waals surface area contributed by atoms with Gasteiger partial charge in [0.25, 0.3) is 11.5 Å².